The maximum Gasteiger partial charge on any atom is 0.306 e. The zero-order chi connectivity index (χ0) is 19.6. The molecule has 0 saturated carbocycles. The molecule has 0 radical (unpaired) electrons. The molecule has 1 aliphatic rings. The molecule has 1 atom stereocenters. The molecule has 1 saturated heterocycles. The van der Waals surface area contributed by atoms with Crippen LogP contribution in [0.3, 0.4) is 0 Å². The first kappa shape index (κ1) is 19.3. The number of carbonyl (C=O) groups excluding carboxylic acids is 1. The van der Waals surface area contributed by atoms with Gasteiger partial charge in [-0.05, 0) is 24.6 Å². The van der Waals surface area contributed by atoms with Gasteiger partial charge in [0, 0.05) is 13.1 Å². The van der Waals surface area contributed by atoms with Crippen molar-refractivity contribution in [3.05, 3.63) is 52.1 Å². The lowest BCUT2D eigenvalue weighted by atomic mass is 10.1. The van der Waals surface area contributed by atoms with Gasteiger partial charge in [0.1, 0.15) is 11.0 Å². The third-order valence-corrected chi connectivity index (χ3v) is 4.74. The SMILES string of the molecule is Cc1nn(Cc2ccc(F)cc2)c(Cl)c1C(=O)N1CCOC(CC(=O)O)C1. The van der Waals surface area contributed by atoms with E-state index in [4.69, 9.17) is 21.4 Å². The van der Waals surface area contributed by atoms with Crippen molar-refractivity contribution in [2.45, 2.75) is 26.0 Å². The van der Waals surface area contributed by atoms with Crippen LogP contribution in [-0.4, -0.2) is 57.5 Å². The number of carboxylic acids is 1. The van der Waals surface area contributed by atoms with Crippen molar-refractivity contribution in [2.75, 3.05) is 19.7 Å². The molecule has 2 aromatic rings. The summed E-state index contributed by atoms with van der Waals surface area (Å²) in [5, 5.41) is 13.4. The predicted molar refractivity (Wildman–Crippen MR) is 95.4 cm³/mol. The van der Waals surface area contributed by atoms with Crippen LogP contribution in [0.25, 0.3) is 0 Å². The van der Waals surface area contributed by atoms with Crippen LogP contribution < -0.4 is 0 Å². The first-order valence-corrected chi connectivity index (χ1v) is 8.83. The molecule has 1 unspecified atom stereocenters. The summed E-state index contributed by atoms with van der Waals surface area (Å²) in [4.78, 5) is 25.3. The predicted octanol–water partition coefficient (Wildman–Crippen LogP) is 2.35. The molecule has 9 heteroatoms. The zero-order valence-electron chi connectivity index (χ0n) is 14.7. The Balaban J connectivity index is 1.78. The molecule has 2 heterocycles. The van der Waals surface area contributed by atoms with Crippen molar-refractivity contribution in [2.24, 2.45) is 0 Å². The molecule has 1 aliphatic heterocycles. The van der Waals surface area contributed by atoms with Crippen LogP contribution in [0, 0.1) is 12.7 Å². The van der Waals surface area contributed by atoms with Gasteiger partial charge < -0.3 is 14.7 Å². The Morgan fingerprint density at radius 1 is 1.37 bits per heavy atom. The van der Waals surface area contributed by atoms with Crippen molar-refractivity contribution in [3.8, 4) is 0 Å². The first-order chi connectivity index (χ1) is 12.8. The normalized spacial score (nSPS) is 17.1. The topological polar surface area (TPSA) is 84.7 Å². The van der Waals surface area contributed by atoms with Gasteiger partial charge in [-0.2, -0.15) is 5.10 Å². The highest BCUT2D eigenvalue weighted by atomic mass is 35.5. The minimum absolute atomic E-state index is 0.166. The number of aromatic nitrogens is 2. The lowest BCUT2D eigenvalue weighted by Crippen LogP contribution is -2.46. The van der Waals surface area contributed by atoms with Gasteiger partial charge in [-0.3, -0.25) is 9.59 Å². The molecular formula is C18H19ClFN3O4. The van der Waals surface area contributed by atoms with Gasteiger partial charge in [0.2, 0.25) is 0 Å². The van der Waals surface area contributed by atoms with Crippen molar-refractivity contribution >= 4 is 23.5 Å². The Hall–Kier alpha value is -2.45. The Bertz CT molecular complexity index is 853. The van der Waals surface area contributed by atoms with Crippen molar-refractivity contribution in [1.29, 1.82) is 0 Å². The number of carbonyl (C=O) groups is 2. The van der Waals surface area contributed by atoms with Crippen LogP contribution >= 0.6 is 11.6 Å². The molecular weight excluding hydrogens is 377 g/mol. The summed E-state index contributed by atoms with van der Waals surface area (Å²) in [6.07, 6.45) is -0.714. The van der Waals surface area contributed by atoms with Gasteiger partial charge in [0.15, 0.2) is 0 Å². The number of rotatable bonds is 5. The summed E-state index contributed by atoms with van der Waals surface area (Å²) in [6.45, 7) is 2.80. The second-order valence-corrected chi connectivity index (χ2v) is 6.74. The molecule has 27 heavy (non-hydrogen) atoms. The fourth-order valence-electron chi connectivity index (χ4n) is 3.04. The minimum Gasteiger partial charge on any atom is -0.481 e. The Labute approximate surface area is 160 Å². The molecule has 1 amide bonds. The lowest BCUT2D eigenvalue weighted by Gasteiger charge is -2.32. The number of nitrogens with zero attached hydrogens (tertiary/aromatic N) is 3. The van der Waals surface area contributed by atoms with E-state index in [9.17, 15) is 14.0 Å². The summed E-state index contributed by atoms with van der Waals surface area (Å²) in [6, 6.07) is 5.95. The van der Waals surface area contributed by atoms with E-state index < -0.39 is 12.1 Å². The van der Waals surface area contributed by atoms with Crippen LogP contribution in [0.5, 0.6) is 0 Å². The number of amides is 1. The van der Waals surface area contributed by atoms with Gasteiger partial charge in [-0.1, -0.05) is 23.7 Å². The van der Waals surface area contributed by atoms with E-state index in [0.29, 0.717) is 18.8 Å². The molecule has 0 bridgehead atoms. The first-order valence-electron chi connectivity index (χ1n) is 8.45. The summed E-state index contributed by atoms with van der Waals surface area (Å²) < 4.78 is 19.9. The number of halogens is 2. The number of hydrogen-bond acceptors (Lipinski definition) is 4. The molecule has 0 aliphatic carbocycles. The number of benzene rings is 1. The number of aliphatic carboxylic acids is 1. The molecule has 1 N–H and O–H groups in total. The van der Waals surface area contributed by atoms with Crippen LogP contribution in [0.1, 0.15) is 28.0 Å². The summed E-state index contributed by atoms with van der Waals surface area (Å²) in [5.74, 6) is -1.61. The summed E-state index contributed by atoms with van der Waals surface area (Å²) in [5.41, 5.74) is 1.57. The second-order valence-electron chi connectivity index (χ2n) is 6.38. The quantitative estimate of drug-likeness (QED) is 0.840. The third-order valence-electron chi connectivity index (χ3n) is 4.35. The average molecular weight is 396 g/mol. The van der Waals surface area contributed by atoms with Gasteiger partial charge in [0.25, 0.3) is 5.91 Å². The van der Waals surface area contributed by atoms with Crippen LogP contribution in [0.2, 0.25) is 5.15 Å². The highest BCUT2D eigenvalue weighted by Gasteiger charge is 2.30. The molecule has 1 aromatic carbocycles. The number of aryl methyl sites for hydroxylation is 1. The van der Waals surface area contributed by atoms with E-state index in [0.717, 1.165) is 5.56 Å². The standard InChI is InChI=1S/C18H19ClFN3O4/c1-11-16(18(26)22-6-7-27-14(10-22)8-15(24)25)17(19)23(21-11)9-12-2-4-13(20)5-3-12/h2-5,14H,6-10H2,1H3,(H,24,25). The fraction of sp³-hybridized carbons (Fsp3) is 0.389. The van der Waals surface area contributed by atoms with E-state index in [-0.39, 0.29) is 42.0 Å². The summed E-state index contributed by atoms with van der Waals surface area (Å²) in [7, 11) is 0. The van der Waals surface area contributed by atoms with E-state index >= 15 is 0 Å². The van der Waals surface area contributed by atoms with Gasteiger partial charge in [-0.15, -0.1) is 0 Å². The highest BCUT2D eigenvalue weighted by Crippen LogP contribution is 2.24. The van der Waals surface area contributed by atoms with Crippen LogP contribution in [-0.2, 0) is 16.1 Å². The van der Waals surface area contributed by atoms with Crippen molar-refractivity contribution in [3.63, 3.8) is 0 Å². The van der Waals surface area contributed by atoms with Crippen molar-refractivity contribution < 1.29 is 23.8 Å². The molecule has 1 fully saturated rings. The zero-order valence-corrected chi connectivity index (χ0v) is 15.4. The largest absolute Gasteiger partial charge is 0.481 e. The molecule has 1 aromatic heterocycles. The van der Waals surface area contributed by atoms with Crippen LogP contribution in [0.15, 0.2) is 24.3 Å². The number of morpholine rings is 1. The number of hydrogen-bond donors (Lipinski definition) is 1. The fourth-order valence-corrected chi connectivity index (χ4v) is 3.36. The Kier molecular flexibility index (Phi) is 5.76. The summed E-state index contributed by atoms with van der Waals surface area (Å²) >= 11 is 6.40. The number of carboxylic acid groups (broad SMARTS) is 1. The smallest absolute Gasteiger partial charge is 0.306 e. The van der Waals surface area contributed by atoms with Crippen LogP contribution in [0.4, 0.5) is 4.39 Å². The van der Waals surface area contributed by atoms with E-state index in [2.05, 4.69) is 5.10 Å². The average Bonchev–Trinajstić information content (AvgIpc) is 2.89. The van der Waals surface area contributed by atoms with Crippen molar-refractivity contribution in [1.82, 2.24) is 14.7 Å². The van der Waals surface area contributed by atoms with E-state index in [1.807, 2.05) is 0 Å². The Morgan fingerprint density at radius 2 is 2.07 bits per heavy atom. The van der Waals surface area contributed by atoms with E-state index in [1.165, 1.54) is 21.7 Å². The minimum atomic E-state index is -0.976. The maximum absolute atomic E-state index is 13.0. The Morgan fingerprint density at radius 3 is 2.74 bits per heavy atom. The molecule has 144 valence electrons. The lowest BCUT2D eigenvalue weighted by molar-refractivity contribution is -0.141. The van der Waals surface area contributed by atoms with Gasteiger partial charge >= 0.3 is 5.97 Å². The monoisotopic (exact) mass is 395 g/mol. The second kappa shape index (κ2) is 8.06. The van der Waals surface area contributed by atoms with Gasteiger partial charge in [0.05, 0.1) is 36.9 Å². The molecule has 0 spiro atoms. The van der Waals surface area contributed by atoms with Gasteiger partial charge in [-0.25, -0.2) is 9.07 Å². The number of ether oxygens (including phenoxy) is 1. The van der Waals surface area contributed by atoms with E-state index in [1.54, 1.807) is 19.1 Å². The molecule has 3 rings (SSSR count). The maximum atomic E-state index is 13.0. The highest BCUT2D eigenvalue weighted by molar-refractivity contribution is 6.33. The third kappa shape index (κ3) is 4.45. The molecule has 7 nitrogen and oxygen atoms in total.